The van der Waals surface area contributed by atoms with Crippen molar-refractivity contribution in [3.05, 3.63) is 122 Å². The summed E-state index contributed by atoms with van der Waals surface area (Å²) in [6.07, 6.45) is 6.30. The van der Waals surface area contributed by atoms with Gasteiger partial charge in [0.1, 0.15) is 18.1 Å². The number of methoxy groups -OCH3 is 1. The second-order valence-electron chi connectivity index (χ2n) is 7.75. The molecule has 4 rings (SSSR count). The minimum atomic E-state index is -0.268. The summed E-state index contributed by atoms with van der Waals surface area (Å²) < 4.78 is 17.7. The number of pyridine rings is 1. The Morgan fingerprint density at radius 1 is 0.973 bits per heavy atom. The summed E-state index contributed by atoms with van der Waals surface area (Å²) in [4.78, 5) is 16.8. The molecule has 0 saturated heterocycles. The van der Waals surface area contributed by atoms with Gasteiger partial charge in [-0.3, -0.25) is 9.78 Å². The van der Waals surface area contributed by atoms with Crippen LogP contribution in [0, 0.1) is 0 Å². The van der Waals surface area contributed by atoms with Crippen LogP contribution in [0.2, 0.25) is 0 Å². The summed E-state index contributed by atoms with van der Waals surface area (Å²) in [7, 11) is 1.60. The molecule has 6 heteroatoms. The van der Waals surface area contributed by atoms with Gasteiger partial charge in [-0.25, -0.2) is 0 Å². The molecule has 188 valence electrons. The standard InChI is InChI=1S/C30H26N2O4.CH4/c1-4-9-22(5-2)30(33)32-23-12-14-24(15-13-23)36-27-16-17-31-26-19-28(34-3)29(18-25(26)27)35-20-21-10-7-6-8-11-21;/h4-19H,1-2,20H2,3H3,(H,32,33);1H4/b22-9+;. The number of anilines is 1. The number of allylic oxidation sites excluding steroid dienone is 2. The summed E-state index contributed by atoms with van der Waals surface area (Å²) in [6, 6.07) is 22.5. The average Bonchev–Trinajstić information content (AvgIpc) is 2.91. The zero-order chi connectivity index (χ0) is 25.3. The van der Waals surface area contributed by atoms with E-state index in [2.05, 4.69) is 23.5 Å². The van der Waals surface area contributed by atoms with Gasteiger partial charge in [0.05, 0.1) is 12.6 Å². The molecule has 0 radical (unpaired) electrons. The van der Waals surface area contributed by atoms with E-state index in [1.807, 2.05) is 42.5 Å². The Balaban J connectivity index is 0.00000380. The van der Waals surface area contributed by atoms with Crippen LogP contribution in [0.3, 0.4) is 0 Å². The Bertz CT molecular complexity index is 1410. The number of hydrogen-bond acceptors (Lipinski definition) is 5. The van der Waals surface area contributed by atoms with Crippen molar-refractivity contribution in [3.63, 3.8) is 0 Å². The monoisotopic (exact) mass is 494 g/mol. The zero-order valence-corrected chi connectivity index (χ0v) is 19.9. The van der Waals surface area contributed by atoms with Crippen molar-refractivity contribution >= 4 is 22.5 Å². The number of fused-ring (bicyclic) bond motifs is 1. The predicted octanol–water partition coefficient (Wildman–Crippen LogP) is 7.49. The number of amides is 1. The highest BCUT2D eigenvalue weighted by molar-refractivity contribution is 6.05. The van der Waals surface area contributed by atoms with Crippen LogP contribution < -0.4 is 19.5 Å². The predicted molar refractivity (Wildman–Crippen MR) is 149 cm³/mol. The Kier molecular flexibility index (Phi) is 9.22. The Morgan fingerprint density at radius 2 is 1.73 bits per heavy atom. The topological polar surface area (TPSA) is 69.7 Å². The quantitative estimate of drug-likeness (QED) is 0.183. The van der Waals surface area contributed by atoms with Crippen LogP contribution in [-0.4, -0.2) is 18.0 Å². The molecule has 3 aromatic carbocycles. The molecule has 0 bridgehead atoms. The van der Waals surface area contributed by atoms with Gasteiger partial charge in [-0.05, 0) is 42.0 Å². The summed E-state index contributed by atoms with van der Waals surface area (Å²) in [5, 5.41) is 3.61. The second-order valence-corrected chi connectivity index (χ2v) is 7.75. The van der Waals surface area contributed by atoms with E-state index in [-0.39, 0.29) is 13.3 Å². The summed E-state index contributed by atoms with van der Waals surface area (Å²) in [6.45, 7) is 7.67. The lowest BCUT2D eigenvalue weighted by atomic mass is 10.1. The van der Waals surface area contributed by atoms with Crippen molar-refractivity contribution in [2.75, 3.05) is 12.4 Å². The number of carbonyl (C=O) groups is 1. The molecule has 1 aromatic heterocycles. The molecule has 4 aromatic rings. The minimum absolute atomic E-state index is 0. The summed E-state index contributed by atoms with van der Waals surface area (Å²) >= 11 is 0. The maximum atomic E-state index is 12.3. The zero-order valence-electron chi connectivity index (χ0n) is 19.9. The highest BCUT2D eigenvalue weighted by atomic mass is 16.5. The van der Waals surface area contributed by atoms with Crippen molar-refractivity contribution < 1.29 is 19.0 Å². The van der Waals surface area contributed by atoms with Crippen LogP contribution in [0.5, 0.6) is 23.0 Å². The number of benzene rings is 3. The van der Waals surface area contributed by atoms with Crippen molar-refractivity contribution in [1.82, 2.24) is 4.98 Å². The molecule has 0 spiro atoms. The van der Waals surface area contributed by atoms with Crippen molar-refractivity contribution in [3.8, 4) is 23.0 Å². The maximum absolute atomic E-state index is 12.3. The number of nitrogens with zero attached hydrogens (tertiary/aromatic N) is 1. The lowest BCUT2D eigenvalue weighted by Crippen LogP contribution is -2.12. The van der Waals surface area contributed by atoms with Gasteiger partial charge in [0.15, 0.2) is 11.5 Å². The van der Waals surface area contributed by atoms with Crippen LogP contribution in [0.25, 0.3) is 10.9 Å². The SMILES string of the molecule is C.C=C/C=C(\C=C)C(=O)Nc1ccc(Oc2ccnc3cc(OC)c(OCc4ccccc4)cc23)cc1. The van der Waals surface area contributed by atoms with E-state index in [1.54, 1.807) is 55.8 Å². The van der Waals surface area contributed by atoms with Gasteiger partial charge in [-0.15, -0.1) is 0 Å². The first-order valence-corrected chi connectivity index (χ1v) is 11.3. The first-order valence-electron chi connectivity index (χ1n) is 11.3. The molecule has 1 heterocycles. The molecule has 0 saturated carbocycles. The molecule has 0 unspecified atom stereocenters. The van der Waals surface area contributed by atoms with E-state index in [0.29, 0.717) is 46.4 Å². The van der Waals surface area contributed by atoms with Crippen molar-refractivity contribution in [2.24, 2.45) is 0 Å². The molecule has 37 heavy (non-hydrogen) atoms. The van der Waals surface area contributed by atoms with E-state index in [1.165, 1.54) is 6.08 Å². The Morgan fingerprint density at radius 3 is 2.41 bits per heavy atom. The normalized spacial score (nSPS) is 10.7. The molecule has 0 fully saturated rings. The van der Waals surface area contributed by atoms with Crippen LogP contribution >= 0.6 is 0 Å². The second kappa shape index (κ2) is 12.7. The molecule has 0 aliphatic heterocycles. The lowest BCUT2D eigenvalue weighted by Gasteiger charge is -2.14. The number of hydrogen-bond donors (Lipinski definition) is 1. The Labute approximate surface area is 217 Å². The molecule has 0 aliphatic carbocycles. The molecular weight excluding hydrogens is 464 g/mol. The lowest BCUT2D eigenvalue weighted by molar-refractivity contribution is -0.112. The first-order chi connectivity index (χ1) is 17.6. The minimum Gasteiger partial charge on any atom is -0.493 e. The van der Waals surface area contributed by atoms with Crippen LogP contribution in [0.1, 0.15) is 13.0 Å². The highest BCUT2D eigenvalue weighted by Gasteiger charge is 2.13. The number of nitrogens with one attached hydrogen (secondary N) is 1. The van der Waals surface area contributed by atoms with Crippen molar-refractivity contribution in [1.29, 1.82) is 0 Å². The maximum Gasteiger partial charge on any atom is 0.255 e. The van der Waals surface area contributed by atoms with E-state index in [4.69, 9.17) is 14.2 Å². The number of rotatable bonds is 10. The van der Waals surface area contributed by atoms with E-state index in [0.717, 1.165) is 10.9 Å². The van der Waals surface area contributed by atoms with E-state index >= 15 is 0 Å². The van der Waals surface area contributed by atoms with Gasteiger partial charge in [0.25, 0.3) is 5.91 Å². The highest BCUT2D eigenvalue weighted by Crippen LogP contribution is 2.37. The van der Waals surface area contributed by atoms with Gasteiger partial charge in [0.2, 0.25) is 0 Å². The smallest absolute Gasteiger partial charge is 0.255 e. The Hall–Kier alpha value is -4.84. The average molecular weight is 495 g/mol. The van der Waals surface area contributed by atoms with Crippen LogP contribution in [0.4, 0.5) is 5.69 Å². The molecule has 0 aliphatic rings. The van der Waals surface area contributed by atoms with Crippen molar-refractivity contribution in [2.45, 2.75) is 14.0 Å². The third-order valence-corrected chi connectivity index (χ3v) is 5.34. The molecule has 0 atom stereocenters. The van der Waals surface area contributed by atoms with Gasteiger partial charge in [-0.2, -0.15) is 0 Å². The van der Waals surface area contributed by atoms with Gasteiger partial charge < -0.3 is 19.5 Å². The summed E-state index contributed by atoms with van der Waals surface area (Å²) in [5.41, 5.74) is 2.82. The molecule has 1 N–H and O–H groups in total. The van der Waals surface area contributed by atoms with Gasteiger partial charge in [0, 0.05) is 28.9 Å². The molecule has 1 amide bonds. The third-order valence-electron chi connectivity index (χ3n) is 5.34. The first kappa shape index (κ1) is 26.8. The fourth-order valence-electron chi connectivity index (χ4n) is 3.52. The van der Waals surface area contributed by atoms with Gasteiger partial charge >= 0.3 is 0 Å². The number of ether oxygens (including phenoxy) is 3. The van der Waals surface area contributed by atoms with Crippen LogP contribution in [0.15, 0.2) is 116 Å². The van der Waals surface area contributed by atoms with Crippen LogP contribution in [-0.2, 0) is 11.4 Å². The number of aromatic nitrogens is 1. The fourth-order valence-corrected chi connectivity index (χ4v) is 3.52. The largest absolute Gasteiger partial charge is 0.493 e. The van der Waals surface area contributed by atoms with E-state index < -0.39 is 0 Å². The summed E-state index contributed by atoms with van der Waals surface area (Å²) in [5.74, 6) is 2.14. The third kappa shape index (κ3) is 6.64. The van der Waals surface area contributed by atoms with Gasteiger partial charge in [-0.1, -0.05) is 69.1 Å². The fraction of sp³-hybridized carbons (Fsp3) is 0.0968. The van der Waals surface area contributed by atoms with E-state index in [9.17, 15) is 4.79 Å². The molecule has 6 nitrogen and oxygen atoms in total. The number of carbonyl (C=O) groups excluding carboxylic acids is 1. The molecular formula is C31H30N2O4.